The van der Waals surface area contributed by atoms with Gasteiger partial charge in [0.25, 0.3) is 0 Å². The van der Waals surface area contributed by atoms with Crippen LogP contribution in [-0.2, 0) is 0 Å². The minimum absolute atomic E-state index is 0.0857. The summed E-state index contributed by atoms with van der Waals surface area (Å²) in [6.45, 7) is 5.25. The lowest BCUT2D eigenvalue weighted by molar-refractivity contribution is 0.0576. The molecule has 0 aliphatic heterocycles. The van der Waals surface area contributed by atoms with Crippen LogP contribution in [0.4, 0.5) is 5.69 Å². The number of aryl methyl sites for hydroxylation is 2. The average molecular weight is 249 g/mol. The molecule has 3 nitrogen and oxygen atoms in total. The molecule has 2 rings (SSSR count). The highest BCUT2D eigenvalue weighted by molar-refractivity contribution is 5.63. The van der Waals surface area contributed by atoms with E-state index >= 15 is 0 Å². The van der Waals surface area contributed by atoms with Crippen molar-refractivity contribution in [1.29, 1.82) is 0 Å². The van der Waals surface area contributed by atoms with Crippen molar-refractivity contribution in [3.63, 3.8) is 0 Å². The maximum atomic E-state index is 9.48. The maximum absolute atomic E-state index is 9.48. The summed E-state index contributed by atoms with van der Waals surface area (Å²) >= 11 is 0. The SMILES string of the molecule is COc1cc(C)cc(C)c1NCC1(CO)CCC1. The Morgan fingerprint density at radius 1 is 1.33 bits per heavy atom. The summed E-state index contributed by atoms with van der Waals surface area (Å²) in [5.74, 6) is 0.889. The van der Waals surface area contributed by atoms with E-state index in [9.17, 15) is 5.11 Å². The van der Waals surface area contributed by atoms with Crippen molar-refractivity contribution in [2.75, 3.05) is 25.6 Å². The first-order chi connectivity index (χ1) is 8.60. The molecule has 1 aliphatic carbocycles. The topological polar surface area (TPSA) is 41.5 Å². The van der Waals surface area contributed by atoms with Crippen LogP contribution in [0.3, 0.4) is 0 Å². The largest absolute Gasteiger partial charge is 0.495 e. The van der Waals surface area contributed by atoms with Crippen LogP contribution in [0.15, 0.2) is 12.1 Å². The number of hydrogen-bond donors (Lipinski definition) is 2. The van der Waals surface area contributed by atoms with Crippen LogP contribution in [-0.4, -0.2) is 25.4 Å². The minimum Gasteiger partial charge on any atom is -0.495 e. The van der Waals surface area contributed by atoms with Gasteiger partial charge in [0.2, 0.25) is 0 Å². The number of aliphatic hydroxyl groups excluding tert-OH is 1. The molecule has 0 saturated heterocycles. The Kier molecular flexibility index (Phi) is 3.81. The molecule has 0 spiro atoms. The van der Waals surface area contributed by atoms with E-state index in [0.717, 1.165) is 30.8 Å². The van der Waals surface area contributed by atoms with E-state index in [1.165, 1.54) is 17.5 Å². The second kappa shape index (κ2) is 5.19. The van der Waals surface area contributed by atoms with Crippen molar-refractivity contribution in [3.8, 4) is 5.75 Å². The average Bonchev–Trinajstić information content (AvgIpc) is 2.29. The van der Waals surface area contributed by atoms with Gasteiger partial charge in [-0.15, -0.1) is 0 Å². The molecule has 2 N–H and O–H groups in total. The van der Waals surface area contributed by atoms with Crippen LogP contribution in [0.25, 0.3) is 0 Å². The molecule has 3 heteroatoms. The number of rotatable bonds is 5. The molecule has 0 amide bonds. The Balaban J connectivity index is 2.13. The zero-order valence-corrected chi connectivity index (χ0v) is 11.5. The molecule has 0 heterocycles. The van der Waals surface area contributed by atoms with Gasteiger partial charge in [-0.1, -0.05) is 12.5 Å². The van der Waals surface area contributed by atoms with Crippen molar-refractivity contribution in [3.05, 3.63) is 23.3 Å². The Hall–Kier alpha value is -1.22. The summed E-state index contributed by atoms with van der Waals surface area (Å²) in [6, 6.07) is 4.19. The van der Waals surface area contributed by atoms with Crippen molar-refractivity contribution in [1.82, 2.24) is 0 Å². The standard InChI is InChI=1S/C15H23NO2/c1-11-7-12(2)14(13(8-11)18-3)16-9-15(10-17)5-4-6-15/h7-8,16-17H,4-6,9-10H2,1-3H3. The Bertz CT molecular complexity index is 419. The third kappa shape index (κ3) is 2.46. The monoisotopic (exact) mass is 249 g/mol. The lowest BCUT2D eigenvalue weighted by Gasteiger charge is -2.40. The Morgan fingerprint density at radius 2 is 2.06 bits per heavy atom. The van der Waals surface area contributed by atoms with E-state index in [0.29, 0.717) is 0 Å². The second-order valence-electron chi connectivity index (χ2n) is 5.52. The van der Waals surface area contributed by atoms with E-state index in [2.05, 4.69) is 25.2 Å². The summed E-state index contributed by atoms with van der Waals surface area (Å²) < 4.78 is 5.43. The molecule has 0 radical (unpaired) electrons. The highest BCUT2D eigenvalue weighted by Crippen LogP contribution is 2.41. The predicted octanol–water partition coefficient (Wildman–Crippen LogP) is 2.89. The number of anilines is 1. The molecule has 0 atom stereocenters. The summed E-state index contributed by atoms with van der Waals surface area (Å²) in [5, 5.41) is 13.0. The van der Waals surface area contributed by atoms with Gasteiger partial charge in [0, 0.05) is 12.0 Å². The van der Waals surface area contributed by atoms with E-state index in [-0.39, 0.29) is 12.0 Å². The van der Waals surface area contributed by atoms with Gasteiger partial charge in [0.05, 0.1) is 19.4 Å². The molecule has 1 fully saturated rings. The lowest BCUT2D eigenvalue weighted by Crippen LogP contribution is -2.40. The number of hydrogen-bond acceptors (Lipinski definition) is 3. The number of methoxy groups -OCH3 is 1. The fraction of sp³-hybridized carbons (Fsp3) is 0.600. The molecular weight excluding hydrogens is 226 g/mol. The van der Waals surface area contributed by atoms with Gasteiger partial charge in [-0.2, -0.15) is 0 Å². The molecule has 0 bridgehead atoms. The van der Waals surface area contributed by atoms with Gasteiger partial charge in [-0.25, -0.2) is 0 Å². The first kappa shape index (κ1) is 13.2. The maximum Gasteiger partial charge on any atom is 0.142 e. The Morgan fingerprint density at radius 3 is 2.56 bits per heavy atom. The lowest BCUT2D eigenvalue weighted by atomic mass is 9.69. The molecule has 1 aliphatic rings. The summed E-state index contributed by atoms with van der Waals surface area (Å²) in [5.41, 5.74) is 3.54. The summed E-state index contributed by atoms with van der Waals surface area (Å²) in [6.07, 6.45) is 3.46. The number of benzene rings is 1. The van der Waals surface area contributed by atoms with Gasteiger partial charge >= 0.3 is 0 Å². The number of aliphatic hydroxyl groups is 1. The highest BCUT2D eigenvalue weighted by atomic mass is 16.5. The predicted molar refractivity (Wildman–Crippen MR) is 74.3 cm³/mol. The zero-order valence-electron chi connectivity index (χ0n) is 11.5. The highest BCUT2D eigenvalue weighted by Gasteiger charge is 2.36. The molecule has 1 aromatic rings. The van der Waals surface area contributed by atoms with E-state index in [4.69, 9.17) is 4.74 Å². The molecule has 0 unspecified atom stereocenters. The quantitative estimate of drug-likeness (QED) is 0.843. The van der Waals surface area contributed by atoms with Crippen LogP contribution >= 0.6 is 0 Å². The van der Waals surface area contributed by atoms with Gasteiger partial charge in [-0.3, -0.25) is 0 Å². The van der Waals surface area contributed by atoms with E-state index in [1.807, 2.05) is 6.07 Å². The molecule has 18 heavy (non-hydrogen) atoms. The first-order valence-electron chi connectivity index (χ1n) is 6.60. The zero-order chi connectivity index (χ0) is 13.2. The van der Waals surface area contributed by atoms with Crippen LogP contribution in [0.5, 0.6) is 5.75 Å². The van der Waals surface area contributed by atoms with E-state index in [1.54, 1.807) is 7.11 Å². The van der Waals surface area contributed by atoms with Crippen LogP contribution < -0.4 is 10.1 Å². The second-order valence-corrected chi connectivity index (χ2v) is 5.52. The molecular formula is C15H23NO2. The van der Waals surface area contributed by atoms with Gasteiger partial charge in [0.1, 0.15) is 5.75 Å². The third-order valence-corrected chi connectivity index (χ3v) is 4.05. The minimum atomic E-state index is 0.0857. The smallest absolute Gasteiger partial charge is 0.142 e. The van der Waals surface area contributed by atoms with Crippen molar-refractivity contribution < 1.29 is 9.84 Å². The van der Waals surface area contributed by atoms with Crippen molar-refractivity contribution >= 4 is 5.69 Å². The number of ether oxygens (including phenoxy) is 1. The molecule has 1 saturated carbocycles. The van der Waals surface area contributed by atoms with Crippen LogP contribution in [0.1, 0.15) is 30.4 Å². The molecule has 1 aromatic carbocycles. The van der Waals surface area contributed by atoms with Gasteiger partial charge < -0.3 is 15.2 Å². The summed E-state index contributed by atoms with van der Waals surface area (Å²) in [4.78, 5) is 0. The van der Waals surface area contributed by atoms with Gasteiger partial charge in [0.15, 0.2) is 0 Å². The van der Waals surface area contributed by atoms with Crippen molar-refractivity contribution in [2.24, 2.45) is 5.41 Å². The molecule has 100 valence electrons. The summed E-state index contributed by atoms with van der Waals surface area (Å²) in [7, 11) is 1.70. The van der Waals surface area contributed by atoms with Crippen molar-refractivity contribution in [2.45, 2.75) is 33.1 Å². The first-order valence-corrected chi connectivity index (χ1v) is 6.60. The normalized spacial score (nSPS) is 17.1. The van der Waals surface area contributed by atoms with Crippen LogP contribution in [0, 0.1) is 19.3 Å². The number of nitrogens with one attached hydrogen (secondary N) is 1. The van der Waals surface area contributed by atoms with E-state index < -0.39 is 0 Å². The third-order valence-electron chi connectivity index (χ3n) is 4.05. The van der Waals surface area contributed by atoms with Crippen LogP contribution in [0.2, 0.25) is 0 Å². The fourth-order valence-electron chi connectivity index (χ4n) is 2.66. The van der Waals surface area contributed by atoms with Gasteiger partial charge in [-0.05, 0) is 43.9 Å². The molecule has 0 aromatic heterocycles. The Labute approximate surface area is 109 Å². The fourth-order valence-corrected chi connectivity index (χ4v) is 2.66.